The van der Waals surface area contributed by atoms with Crippen LogP contribution in [-0.2, 0) is 14.3 Å². The number of non-ortho nitro benzene ring substituents is 1. The van der Waals surface area contributed by atoms with Gasteiger partial charge in [0.25, 0.3) is 11.6 Å². The van der Waals surface area contributed by atoms with Gasteiger partial charge in [-0.15, -0.1) is 0 Å². The van der Waals surface area contributed by atoms with Gasteiger partial charge >= 0.3 is 5.97 Å². The molecule has 126 valence electrons. The van der Waals surface area contributed by atoms with E-state index in [-0.39, 0.29) is 18.2 Å². The zero-order valence-corrected chi connectivity index (χ0v) is 13.3. The molecule has 1 amide bonds. The first kappa shape index (κ1) is 18.4. The molecule has 0 unspecified atom stereocenters. The summed E-state index contributed by atoms with van der Waals surface area (Å²) in [7, 11) is 1.26. The van der Waals surface area contributed by atoms with Crippen LogP contribution >= 0.6 is 0 Å². The molecule has 0 aliphatic rings. The first-order chi connectivity index (χ1) is 10.8. The zero-order valence-electron chi connectivity index (χ0n) is 13.3. The van der Waals surface area contributed by atoms with Crippen molar-refractivity contribution in [2.75, 3.05) is 13.7 Å². The van der Waals surface area contributed by atoms with Crippen molar-refractivity contribution in [3.05, 3.63) is 34.4 Å². The highest BCUT2D eigenvalue weighted by molar-refractivity contribution is 5.85. The van der Waals surface area contributed by atoms with Gasteiger partial charge < -0.3 is 14.8 Å². The fraction of sp³-hybridized carbons (Fsp3) is 0.467. The number of carbonyl (C=O) groups is 2. The molecular formula is C15H20N2O6. The van der Waals surface area contributed by atoms with Crippen molar-refractivity contribution in [2.24, 2.45) is 5.92 Å². The molecule has 8 nitrogen and oxygen atoms in total. The smallest absolute Gasteiger partial charge is 0.328 e. The van der Waals surface area contributed by atoms with Gasteiger partial charge in [-0.1, -0.05) is 13.8 Å². The molecule has 23 heavy (non-hydrogen) atoms. The molecule has 8 heteroatoms. The van der Waals surface area contributed by atoms with Crippen molar-refractivity contribution in [1.29, 1.82) is 0 Å². The third-order valence-corrected chi connectivity index (χ3v) is 2.95. The lowest BCUT2D eigenvalue weighted by atomic mass is 10.0. The molecule has 0 spiro atoms. The summed E-state index contributed by atoms with van der Waals surface area (Å²) in [5, 5.41) is 13.1. The first-order valence-electron chi connectivity index (χ1n) is 7.08. The van der Waals surface area contributed by atoms with Gasteiger partial charge in [0.2, 0.25) is 0 Å². The van der Waals surface area contributed by atoms with Crippen LogP contribution in [-0.4, -0.2) is 36.6 Å². The van der Waals surface area contributed by atoms with Crippen LogP contribution in [0.2, 0.25) is 0 Å². The molecule has 0 bridgehead atoms. The highest BCUT2D eigenvalue weighted by Crippen LogP contribution is 2.17. The number of rotatable bonds is 8. The molecule has 0 fully saturated rings. The highest BCUT2D eigenvalue weighted by Gasteiger charge is 2.22. The van der Waals surface area contributed by atoms with Crippen LogP contribution in [0.15, 0.2) is 24.3 Å². The van der Waals surface area contributed by atoms with E-state index in [0.29, 0.717) is 12.2 Å². The Labute approximate surface area is 133 Å². The molecule has 1 N–H and O–H groups in total. The molecule has 1 aromatic rings. The summed E-state index contributed by atoms with van der Waals surface area (Å²) < 4.78 is 9.89. The lowest BCUT2D eigenvalue weighted by molar-refractivity contribution is -0.384. The fourth-order valence-corrected chi connectivity index (χ4v) is 1.88. The number of amides is 1. The van der Waals surface area contributed by atoms with Crippen LogP contribution in [0.25, 0.3) is 0 Å². The maximum absolute atomic E-state index is 11.9. The second kappa shape index (κ2) is 8.72. The van der Waals surface area contributed by atoms with Crippen LogP contribution in [0.5, 0.6) is 5.75 Å². The Morgan fingerprint density at radius 2 is 1.87 bits per heavy atom. The van der Waals surface area contributed by atoms with Gasteiger partial charge in [-0.3, -0.25) is 14.9 Å². The number of esters is 1. The molecule has 1 atom stereocenters. The summed E-state index contributed by atoms with van der Waals surface area (Å²) in [5.74, 6) is -0.457. The van der Waals surface area contributed by atoms with Crippen LogP contribution in [0.1, 0.15) is 20.3 Å². The Hall–Kier alpha value is -2.64. The first-order valence-corrected chi connectivity index (χ1v) is 7.08. The molecule has 1 rings (SSSR count). The summed E-state index contributed by atoms with van der Waals surface area (Å²) in [5.41, 5.74) is -0.0653. The standard InChI is InChI=1S/C15H20N2O6/c1-10(2)8-13(15(19)22-3)16-14(18)9-23-12-6-4-11(5-7-12)17(20)21/h4-7,10,13H,8-9H2,1-3H3,(H,16,18)/t13-/m1/s1. The van der Waals surface area contributed by atoms with Gasteiger partial charge in [0, 0.05) is 12.1 Å². The molecule has 0 radical (unpaired) electrons. The Kier molecular flexibility index (Phi) is 6.98. The van der Waals surface area contributed by atoms with E-state index in [1.165, 1.54) is 31.4 Å². The molecule has 0 aliphatic carbocycles. The minimum absolute atomic E-state index is 0.0653. The predicted molar refractivity (Wildman–Crippen MR) is 82.0 cm³/mol. The number of nitrogens with one attached hydrogen (secondary N) is 1. The van der Waals surface area contributed by atoms with E-state index in [1.54, 1.807) is 0 Å². The summed E-state index contributed by atoms with van der Waals surface area (Å²) in [6, 6.07) is 4.63. The maximum atomic E-state index is 11.9. The van der Waals surface area contributed by atoms with Gasteiger partial charge in [-0.2, -0.15) is 0 Å². The molecule has 0 aliphatic heterocycles. The Morgan fingerprint density at radius 1 is 1.26 bits per heavy atom. The van der Waals surface area contributed by atoms with Gasteiger partial charge in [0.05, 0.1) is 12.0 Å². The highest BCUT2D eigenvalue weighted by atomic mass is 16.6. The number of methoxy groups -OCH3 is 1. The molecule has 0 aromatic heterocycles. The van der Waals surface area contributed by atoms with Gasteiger partial charge in [-0.25, -0.2) is 4.79 Å². The topological polar surface area (TPSA) is 108 Å². The number of benzene rings is 1. The monoisotopic (exact) mass is 324 g/mol. The minimum Gasteiger partial charge on any atom is -0.484 e. The van der Waals surface area contributed by atoms with Crippen LogP contribution < -0.4 is 10.1 Å². The van der Waals surface area contributed by atoms with Crippen molar-refractivity contribution in [3.63, 3.8) is 0 Å². The third-order valence-electron chi connectivity index (χ3n) is 2.95. The van der Waals surface area contributed by atoms with E-state index in [2.05, 4.69) is 10.1 Å². The predicted octanol–water partition coefficient (Wildman–Crippen LogP) is 1.68. The van der Waals surface area contributed by atoms with E-state index in [9.17, 15) is 19.7 Å². The fourth-order valence-electron chi connectivity index (χ4n) is 1.88. The maximum Gasteiger partial charge on any atom is 0.328 e. The van der Waals surface area contributed by atoms with Crippen molar-refractivity contribution in [1.82, 2.24) is 5.32 Å². The second-order valence-corrected chi connectivity index (χ2v) is 5.31. The number of hydrogen-bond acceptors (Lipinski definition) is 6. The molecule has 0 heterocycles. The Morgan fingerprint density at radius 3 is 2.35 bits per heavy atom. The largest absolute Gasteiger partial charge is 0.484 e. The average molecular weight is 324 g/mol. The molecule has 1 aromatic carbocycles. The van der Waals surface area contributed by atoms with Crippen molar-refractivity contribution in [2.45, 2.75) is 26.3 Å². The number of hydrogen-bond donors (Lipinski definition) is 1. The van der Waals surface area contributed by atoms with E-state index >= 15 is 0 Å². The Balaban J connectivity index is 2.54. The second-order valence-electron chi connectivity index (χ2n) is 5.31. The summed E-state index contributed by atoms with van der Waals surface area (Å²) in [6.07, 6.45) is 0.454. The summed E-state index contributed by atoms with van der Waals surface area (Å²) in [4.78, 5) is 33.5. The van der Waals surface area contributed by atoms with E-state index in [4.69, 9.17) is 4.74 Å². The van der Waals surface area contributed by atoms with Crippen molar-refractivity contribution >= 4 is 17.6 Å². The third kappa shape index (κ3) is 6.33. The molecular weight excluding hydrogens is 304 g/mol. The lowest BCUT2D eigenvalue weighted by Crippen LogP contribution is -2.44. The van der Waals surface area contributed by atoms with Crippen LogP contribution in [0, 0.1) is 16.0 Å². The van der Waals surface area contributed by atoms with Crippen molar-refractivity contribution in [3.8, 4) is 5.75 Å². The lowest BCUT2D eigenvalue weighted by Gasteiger charge is -2.18. The molecule has 0 saturated heterocycles. The number of nitrogens with zero attached hydrogens (tertiary/aromatic N) is 1. The van der Waals surface area contributed by atoms with Crippen molar-refractivity contribution < 1.29 is 24.0 Å². The summed E-state index contributed by atoms with van der Waals surface area (Å²) >= 11 is 0. The minimum atomic E-state index is -0.729. The van der Waals surface area contributed by atoms with E-state index in [0.717, 1.165) is 0 Å². The number of nitro groups is 1. The number of ether oxygens (including phenoxy) is 2. The van der Waals surface area contributed by atoms with E-state index in [1.807, 2.05) is 13.8 Å². The summed E-state index contributed by atoms with van der Waals surface area (Å²) in [6.45, 7) is 3.55. The van der Waals surface area contributed by atoms with Gasteiger partial charge in [-0.05, 0) is 24.5 Å². The average Bonchev–Trinajstić information content (AvgIpc) is 2.51. The normalized spacial score (nSPS) is 11.7. The molecule has 0 saturated carbocycles. The van der Waals surface area contributed by atoms with Gasteiger partial charge in [0.1, 0.15) is 11.8 Å². The zero-order chi connectivity index (χ0) is 17.4. The number of carbonyl (C=O) groups excluding carboxylic acids is 2. The van der Waals surface area contributed by atoms with Gasteiger partial charge in [0.15, 0.2) is 6.61 Å². The Bertz CT molecular complexity index is 556. The SMILES string of the molecule is COC(=O)[C@@H](CC(C)C)NC(=O)COc1ccc([N+](=O)[O-])cc1. The van der Waals surface area contributed by atoms with Crippen LogP contribution in [0.3, 0.4) is 0 Å². The number of nitro benzene ring substituents is 1. The quantitative estimate of drug-likeness (QED) is 0.443. The van der Waals surface area contributed by atoms with Crippen LogP contribution in [0.4, 0.5) is 5.69 Å². The van der Waals surface area contributed by atoms with E-state index < -0.39 is 22.8 Å².